The molecule has 0 amide bonds. The van der Waals surface area contributed by atoms with Crippen LogP contribution >= 0.6 is 0 Å². The monoisotopic (exact) mass is 477 g/mol. The van der Waals surface area contributed by atoms with Gasteiger partial charge in [-0.3, -0.25) is 0 Å². The number of halogens is 2. The zero-order valence-corrected chi connectivity index (χ0v) is 19.1. The molecule has 0 heterocycles. The first kappa shape index (κ1) is 24.6. The summed E-state index contributed by atoms with van der Waals surface area (Å²) in [7, 11) is -0.998. The van der Waals surface area contributed by atoms with Crippen LogP contribution in [0.3, 0.4) is 0 Å². The molecular weight excluding hydrogens is 452 g/mol. The lowest BCUT2D eigenvalue weighted by Gasteiger charge is -2.24. The molecule has 0 aromatic heterocycles. The topological polar surface area (TPSA) is 76.1 Å². The Morgan fingerprint density at radius 3 is 1.76 bits per heavy atom. The normalized spacial score (nSPS) is 12.5. The number of aliphatic hydroxyl groups is 1. The van der Waals surface area contributed by atoms with E-state index in [0.29, 0.717) is 28.7 Å². The van der Waals surface area contributed by atoms with Crippen LogP contribution in [0.2, 0.25) is 0 Å². The summed E-state index contributed by atoms with van der Waals surface area (Å²) < 4.78 is 65.3. The first-order valence-electron chi connectivity index (χ1n) is 10.1. The first-order chi connectivity index (χ1) is 15.7. The summed E-state index contributed by atoms with van der Waals surface area (Å²) in [6, 6.07) is 16.5. The van der Waals surface area contributed by atoms with Crippen LogP contribution in [0.15, 0.2) is 66.7 Å². The van der Waals surface area contributed by atoms with Crippen molar-refractivity contribution in [3.63, 3.8) is 0 Å². The maximum absolute atomic E-state index is 14.1. The predicted molar refractivity (Wildman–Crippen MR) is 120 cm³/mol. The van der Waals surface area contributed by atoms with E-state index >= 15 is 0 Å². The highest BCUT2D eigenvalue weighted by Crippen LogP contribution is 2.24. The standard InChI is InChI=1S/C24H25F2NO5S/c1-31-20-8-3-17(4-9-20)14-27(15-18-5-10-21(32-2)11-6-18)33(29,30)16-24(28)22-12-7-19(25)13-23(22)26/h3-13,24,28H,14-16H2,1-2H3/t24-/m1/s1. The molecule has 0 aliphatic heterocycles. The minimum atomic E-state index is -4.06. The molecule has 0 radical (unpaired) electrons. The molecule has 3 rings (SSSR count). The Bertz CT molecular complexity index is 1120. The van der Waals surface area contributed by atoms with Crippen molar-refractivity contribution in [2.24, 2.45) is 0 Å². The molecule has 0 aliphatic carbocycles. The fraction of sp³-hybridized carbons (Fsp3) is 0.250. The molecule has 9 heteroatoms. The highest BCUT2D eigenvalue weighted by atomic mass is 32.2. The predicted octanol–water partition coefficient (Wildman–Crippen LogP) is 4.05. The van der Waals surface area contributed by atoms with Crippen LogP contribution in [0.5, 0.6) is 11.5 Å². The average Bonchev–Trinajstić information content (AvgIpc) is 2.79. The van der Waals surface area contributed by atoms with E-state index < -0.39 is 33.5 Å². The summed E-state index contributed by atoms with van der Waals surface area (Å²) >= 11 is 0. The lowest BCUT2D eigenvalue weighted by molar-refractivity contribution is 0.193. The molecule has 0 saturated carbocycles. The molecule has 0 unspecified atom stereocenters. The summed E-state index contributed by atoms with van der Waals surface area (Å²) in [5, 5.41) is 10.4. The quantitative estimate of drug-likeness (QED) is 0.477. The van der Waals surface area contributed by atoms with Crippen molar-refractivity contribution in [1.29, 1.82) is 0 Å². The molecule has 33 heavy (non-hydrogen) atoms. The van der Waals surface area contributed by atoms with Gasteiger partial charge < -0.3 is 14.6 Å². The van der Waals surface area contributed by atoms with Crippen molar-refractivity contribution in [3.8, 4) is 11.5 Å². The van der Waals surface area contributed by atoms with E-state index in [1.165, 1.54) is 18.5 Å². The fourth-order valence-corrected chi connectivity index (χ4v) is 4.77. The summed E-state index contributed by atoms with van der Waals surface area (Å²) in [5.74, 6) is -1.32. The Hall–Kier alpha value is -3.01. The molecule has 1 N–H and O–H groups in total. The van der Waals surface area contributed by atoms with Gasteiger partial charge in [0.2, 0.25) is 10.0 Å². The van der Waals surface area contributed by atoms with Crippen molar-refractivity contribution in [3.05, 3.63) is 95.1 Å². The number of sulfonamides is 1. The molecule has 0 aliphatic rings. The number of rotatable bonds is 10. The van der Waals surface area contributed by atoms with Gasteiger partial charge >= 0.3 is 0 Å². The Morgan fingerprint density at radius 2 is 1.33 bits per heavy atom. The third-order valence-electron chi connectivity index (χ3n) is 5.12. The van der Waals surface area contributed by atoms with Gasteiger partial charge in [-0.1, -0.05) is 30.3 Å². The number of aliphatic hydroxyl groups excluding tert-OH is 1. The van der Waals surface area contributed by atoms with Crippen LogP contribution in [-0.4, -0.2) is 37.8 Å². The van der Waals surface area contributed by atoms with Crippen LogP contribution in [0.1, 0.15) is 22.8 Å². The Morgan fingerprint density at radius 1 is 0.848 bits per heavy atom. The third-order valence-corrected chi connectivity index (χ3v) is 6.90. The molecule has 0 spiro atoms. The summed E-state index contributed by atoms with van der Waals surface area (Å²) in [5.41, 5.74) is 1.12. The van der Waals surface area contributed by atoms with Gasteiger partial charge in [-0.15, -0.1) is 0 Å². The van der Waals surface area contributed by atoms with Crippen LogP contribution in [-0.2, 0) is 23.1 Å². The molecule has 3 aromatic carbocycles. The van der Waals surface area contributed by atoms with Gasteiger partial charge in [-0.25, -0.2) is 17.2 Å². The molecule has 6 nitrogen and oxygen atoms in total. The zero-order valence-electron chi connectivity index (χ0n) is 18.2. The number of hydrogen-bond acceptors (Lipinski definition) is 5. The van der Waals surface area contributed by atoms with Gasteiger partial charge in [0.1, 0.15) is 23.1 Å². The summed E-state index contributed by atoms with van der Waals surface area (Å²) in [6.45, 7) is 0.0496. The highest BCUT2D eigenvalue weighted by molar-refractivity contribution is 7.89. The van der Waals surface area contributed by atoms with Crippen LogP contribution in [0.25, 0.3) is 0 Å². The largest absolute Gasteiger partial charge is 0.497 e. The molecule has 3 aromatic rings. The maximum Gasteiger partial charge on any atom is 0.217 e. The van der Waals surface area contributed by atoms with E-state index in [-0.39, 0.29) is 18.7 Å². The van der Waals surface area contributed by atoms with Crippen LogP contribution in [0.4, 0.5) is 8.78 Å². The van der Waals surface area contributed by atoms with Crippen molar-refractivity contribution < 1.29 is 31.8 Å². The smallest absolute Gasteiger partial charge is 0.217 e. The number of ether oxygens (including phenoxy) is 2. The van der Waals surface area contributed by atoms with Gasteiger partial charge in [-0.2, -0.15) is 4.31 Å². The zero-order chi connectivity index (χ0) is 24.0. The van der Waals surface area contributed by atoms with Crippen molar-refractivity contribution in [2.45, 2.75) is 19.2 Å². The van der Waals surface area contributed by atoms with E-state index in [9.17, 15) is 22.3 Å². The van der Waals surface area contributed by atoms with Crippen LogP contribution < -0.4 is 9.47 Å². The molecule has 0 bridgehead atoms. The molecular formula is C24H25F2NO5S. The van der Waals surface area contributed by atoms with Crippen molar-refractivity contribution in [2.75, 3.05) is 20.0 Å². The van der Waals surface area contributed by atoms with Gasteiger partial charge in [0.15, 0.2) is 0 Å². The SMILES string of the molecule is COc1ccc(CN(Cc2ccc(OC)cc2)S(=O)(=O)C[C@@H](O)c2ccc(F)cc2F)cc1. The summed E-state index contributed by atoms with van der Waals surface area (Å²) in [4.78, 5) is 0. The minimum absolute atomic E-state index is 0.0248. The lowest BCUT2D eigenvalue weighted by Crippen LogP contribution is -2.34. The Labute approximate surface area is 192 Å². The lowest BCUT2D eigenvalue weighted by atomic mass is 10.1. The molecule has 176 valence electrons. The summed E-state index contributed by atoms with van der Waals surface area (Å²) in [6.07, 6.45) is -1.66. The fourth-order valence-electron chi connectivity index (χ4n) is 3.29. The van der Waals surface area contributed by atoms with Gasteiger partial charge in [0.05, 0.1) is 26.1 Å². The number of benzene rings is 3. The van der Waals surface area contributed by atoms with E-state index in [2.05, 4.69) is 0 Å². The number of hydrogen-bond donors (Lipinski definition) is 1. The molecule has 1 atom stereocenters. The van der Waals surface area contributed by atoms with E-state index in [0.717, 1.165) is 12.1 Å². The van der Waals surface area contributed by atoms with Gasteiger partial charge in [0.25, 0.3) is 0 Å². The Kier molecular flexibility index (Phi) is 8.01. The van der Waals surface area contributed by atoms with E-state index in [4.69, 9.17) is 9.47 Å². The first-order valence-corrected chi connectivity index (χ1v) is 11.7. The second-order valence-corrected chi connectivity index (χ2v) is 9.44. The van der Waals surface area contributed by atoms with Gasteiger partial charge in [0, 0.05) is 24.7 Å². The maximum atomic E-state index is 14.1. The number of nitrogens with zero attached hydrogens (tertiary/aromatic N) is 1. The molecule has 0 saturated heterocycles. The van der Waals surface area contributed by atoms with Crippen LogP contribution in [0, 0.1) is 11.6 Å². The minimum Gasteiger partial charge on any atom is -0.497 e. The van der Waals surface area contributed by atoms with Gasteiger partial charge in [-0.05, 0) is 41.5 Å². The van der Waals surface area contributed by atoms with E-state index in [1.807, 2.05) is 0 Å². The number of methoxy groups -OCH3 is 2. The van der Waals surface area contributed by atoms with E-state index in [1.54, 1.807) is 48.5 Å². The second-order valence-electron chi connectivity index (χ2n) is 7.42. The third kappa shape index (κ3) is 6.50. The molecule has 0 fully saturated rings. The average molecular weight is 478 g/mol. The highest BCUT2D eigenvalue weighted by Gasteiger charge is 2.28. The Balaban J connectivity index is 1.87. The van der Waals surface area contributed by atoms with Crippen molar-refractivity contribution in [1.82, 2.24) is 4.31 Å². The van der Waals surface area contributed by atoms with Crippen molar-refractivity contribution >= 4 is 10.0 Å². The second kappa shape index (κ2) is 10.7.